The van der Waals surface area contributed by atoms with Crippen molar-refractivity contribution in [3.8, 4) is 0 Å². The first-order valence-electron chi connectivity index (χ1n) is 4.91. The van der Waals surface area contributed by atoms with Gasteiger partial charge in [-0.1, -0.05) is 6.07 Å². The zero-order chi connectivity index (χ0) is 12.5. The molecule has 0 fully saturated rings. The summed E-state index contributed by atoms with van der Waals surface area (Å²) in [4.78, 5) is 3.96. The molecule has 0 spiro atoms. The van der Waals surface area contributed by atoms with Crippen LogP contribution in [0.2, 0.25) is 0 Å². The Balaban J connectivity index is 2.07. The molecule has 0 aliphatic heterocycles. The molecule has 1 aromatic carbocycles. The number of nitrogen functional groups attached to an aromatic ring is 1. The number of benzene rings is 1. The molecular formula is C10H10F3N3O. The topological polar surface area (TPSA) is 64.1 Å². The van der Waals surface area contributed by atoms with Crippen molar-refractivity contribution >= 4 is 22.8 Å². The molecule has 2 rings (SSSR count). The number of para-hydroxylation sites is 1. The molecule has 1 heterocycles. The van der Waals surface area contributed by atoms with Crippen molar-refractivity contribution in [1.82, 2.24) is 4.98 Å². The maximum absolute atomic E-state index is 11.9. The van der Waals surface area contributed by atoms with Crippen LogP contribution in [0.15, 0.2) is 22.6 Å². The first-order chi connectivity index (χ1) is 7.96. The highest BCUT2D eigenvalue weighted by atomic mass is 19.4. The fourth-order valence-electron chi connectivity index (χ4n) is 1.36. The summed E-state index contributed by atoms with van der Waals surface area (Å²) in [5.74, 6) is 0. The predicted molar refractivity (Wildman–Crippen MR) is 57.6 cm³/mol. The lowest BCUT2D eigenvalue weighted by molar-refractivity contribution is -0.131. The standard InChI is InChI=1S/C10H10F3N3O/c11-10(12,13)4-5-15-9-16-8-6(14)2-1-3-7(8)17-9/h1-3H,4-5,14H2,(H,15,16). The fourth-order valence-corrected chi connectivity index (χ4v) is 1.36. The minimum Gasteiger partial charge on any atom is -0.423 e. The van der Waals surface area contributed by atoms with E-state index >= 15 is 0 Å². The number of nitrogens with zero attached hydrogens (tertiary/aromatic N) is 1. The van der Waals surface area contributed by atoms with Crippen LogP contribution in [0.25, 0.3) is 11.1 Å². The van der Waals surface area contributed by atoms with Gasteiger partial charge in [0.15, 0.2) is 5.58 Å². The molecule has 0 saturated carbocycles. The van der Waals surface area contributed by atoms with Crippen molar-refractivity contribution < 1.29 is 17.6 Å². The predicted octanol–water partition coefficient (Wildman–Crippen LogP) is 2.77. The lowest BCUT2D eigenvalue weighted by atomic mass is 10.3. The van der Waals surface area contributed by atoms with E-state index in [0.717, 1.165) is 0 Å². The summed E-state index contributed by atoms with van der Waals surface area (Å²) in [7, 11) is 0. The quantitative estimate of drug-likeness (QED) is 0.816. The maximum atomic E-state index is 11.9. The summed E-state index contributed by atoms with van der Waals surface area (Å²) >= 11 is 0. The van der Waals surface area contributed by atoms with Crippen LogP contribution in [0.4, 0.5) is 24.9 Å². The number of alkyl halides is 3. The second-order valence-electron chi connectivity index (χ2n) is 3.50. The molecule has 4 nitrogen and oxygen atoms in total. The number of rotatable bonds is 3. The van der Waals surface area contributed by atoms with Crippen LogP contribution in [0, 0.1) is 0 Å². The Hall–Kier alpha value is -1.92. The van der Waals surface area contributed by atoms with Gasteiger partial charge in [-0.25, -0.2) is 0 Å². The van der Waals surface area contributed by atoms with Gasteiger partial charge in [0.1, 0.15) is 5.52 Å². The van der Waals surface area contributed by atoms with Crippen molar-refractivity contribution in [2.45, 2.75) is 12.6 Å². The van der Waals surface area contributed by atoms with Gasteiger partial charge in [-0.2, -0.15) is 18.2 Å². The van der Waals surface area contributed by atoms with Crippen LogP contribution in [0.1, 0.15) is 6.42 Å². The molecule has 17 heavy (non-hydrogen) atoms. The lowest BCUT2D eigenvalue weighted by Gasteiger charge is -2.05. The van der Waals surface area contributed by atoms with Crippen LogP contribution in [-0.4, -0.2) is 17.7 Å². The average molecular weight is 245 g/mol. The second kappa shape index (κ2) is 4.15. The van der Waals surface area contributed by atoms with Gasteiger partial charge in [0.05, 0.1) is 12.1 Å². The summed E-state index contributed by atoms with van der Waals surface area (Å²) in [5.41, 5.74) is 6.95. The SMILES string of the molecule is Nc1cccc2oc(NCCC(F)(F)F)nc12. The zero-order valence-corrected chi connectivity index (χ0v) is 8.71. The zero-order valence-electron chi connectivity index (χ0n) is 8.71. The summed E-state index contributed by atoms with van der Waals surface area (Å²) in [6, 6.07) is 5.02. The lowest BCUT2D eigenvalue weighted by Crippen LogP contribution is -2.14. The average Bonchev–Trinajstić information content (AvgIpc) is 2.60. The normalized spacial score (nSPS) is 11.9. The van der Waals surface area contributed by atoms with Crippen molar-refractivity contribution in [3.63, 3.8) is 0 Å². The summed E-state index contributed by atoms with van der Waals surface area (Å²) in [6.07, 6.45) is -5.14. The smallest absolute Gasteiger partial charge is 0.390 e. The van der Waals surface area contributed by atoms with Crippen LogP contribution >= 0.6 is 0 Å². The number of hydrogen-bond acceptors (Lipinski definition) is 4. The first kappa shape index (κ1) is 11.6. The van der Waals surface area contributed by atoms with Gasteiger partial charge in [0, 0.05) is 6.54 Å². The van der Waals surface area contributed by atoms with Gasteiger partial charge in [0.2, 0.25) is 0 Å². The Morgan fingerprint density at radius 1 is 1.35 bits per heavy atom. The van der Waals surface area contributed by atoms with Crippen LogP contribution in [0.5, 0.6) is 0 Å². The summed E-state index contributed by atoms with van der Waals surface area (Å²) < 4.78 is 40.9. The van der Waals surface area contributed by atoms with E-state index in [2.05, 4.69) is 10.3 Å². The number of anilines is 2. The van der Waals surface area contributed by atoms with Crippen LogP contribution in [0.3, 0.4) is 0 Å². The molecule has 7 heteroatoms. The molecule has 0 aliphatic rings. The number of hydrogen-bond donors (Lipinski definition) is 2. The third-order valence-corrected chi connectivity index (χ3v) is 2.13. The summed E-state index contributed by atoms with van der Waals surface area (Å²) in [6.45, 7) is -0.282. The van der Waals surface area contributed by atoms with Crippen molar-refractivity contribution in [1.29, 1.82) is 0 Å². The van der Waals surface area contributed by atoms with Gasteiger partial charge in [-0.15, -0.1) is 0 Å². The Labute approximate surface area is 94.6 Å². The summed E-state index contributed by atoms with van der Waals surface area (Å²) in [5, 5.41) is 2.46. The number of aromatic nitrogens is 1. The van der Waals surface area contributed by atoms with Crippen molar-refractivity contribution in [2.75, 3.05) is 17.6 Å². The van der Waals surface area contributed by atoms with Crippen LogP contribution in [-0.2, 0) is 0 Å². The van der Waals surface area contributed by atoms with E-state index < -0.39 is 12.6 Å². The van der Waals surface area contributed by atoms with Gasteiger partial charge in [0.25, 0.3) is 6.01 Å². The minimum absolute atomic E-state index is 0.0437. The number of nitrogens with two attached hydrogens (primary N) is 1. The van der Waals surface area contributed by atoms with Gasteiger partial charge in [-0.05, 0) is 12.1 Å². The number of oxazole rings is 1. The molecule has 92 valence electrons. The van der Waals surface area contributed by atoms with E-state index in [1.807, 2.05) is 0 Å². The molecule has 0 atom stereocenters. The van der Waals surface area contributed by atoms with E-state index in [9.17, 15) is 13.2 Å². The van der Waals surface area contributed by atoms with E-state index in [-0.39, 0.29) is 12.6 Å². The Morgan fingerprint density at radius 2 is 2.12 bits per heavy atom. The number of nitrogens with one attached hydrogen (secondary N) is 1. The minimum atomic E-state index is -4.20. The highest BCUT2D eigenvalue weighted by Crippen LogP contribution is 2.24. The first-order valence-corrected chi connectivity index (χ1v) is 4.91. The van der Waals surface area contributed by atoms with E-state index in [0.29, 0.717) is 16.8 Å². The maximum Gasteiger partial charge on any atom is 0.390 e. The van der Waals surface area contributed by atoms with Crippen molar-refractivity contribution in [3.05, 3.63) is 18.2 Å². The highest BCUT2D eigenvalue weighted by Gasteiger charge is 2.26. The van der Waals surface area contributed by atoms with Crippen molar-refractivity contribution in [2.24, 2.45) is 0 Å². The van der Waals surface area contributed by atoms with Gasteiger partial charge < -0.3 is 15.5 Å². The molecule has 0 saturated heterocycles. The Kier molecular flexibility index (Phi) is 2.83. The van der Waals surface area contributed by atoms with Gasteiger partial charge >= 0.3 is 6.18 Å². The highest BCUT2D eigenvalue weighted by molar-refractivity contribution is 5.86. The molecule has 0 bridgehead atoms. The third-order valence-electron chi connectivity index (χ3n) is 2.13. The van der Waals surface area contributed by atoms with E-state index in [4.69, 9.17) is 10.2 Å². The van der Waals surface area contributed by atoms with E-state index in [1.165, 1.54) is 0 Å². The molecule has 2 aromatic rings. The Bertz CT molecular complexity index is 521. The molecule has 0 amide bonds. The number of halogens is 3. The molecule has 3 N–H and O–H groups in total. The molecule has 0 unspecified atom stereocenters. The van der Waals surface area contributed by atoms with Crippen LogP contribution < -0.4 is 11.1 Å². The number of fused-ring (bicyclic) bond motifs is 1. The second-order valence-corrected chi connectivity index (χ2v) is 3.50. The molecular weight excluding hydrogens is 235 g/mol. The molecule has 0 radical (unpaired) electrons. The third kappa shape index (κ3) is 2.80. The largest absolute Gasteiger partial charge is 0.423 e. The Morgan fingerprint density at radius 3 is 2.76 bits per heavy atom. The molecule has 1 aromatic heterocycles. The monoisotopic (exact) mass is 245 g/mol. The molecule has 0 aliphatic carbocycles. The fraction of sp³-hybridized carbons (Fsp3) is 0.300. The van der Waals surface area contributed by atoms with E-state index in [1.54, 1.807) is 18.2 Å². The van der Waals surface area contributed by atoms with Gasteiger partial charge in [-0.3, -0.25) is 0 Å².